The van der Waals surface area contributed by atoms with Crippen LogP contribution in [0.2, 0.25) is 0 Å². The fourth-order valence-electron chi connectivity index (χ4n) is 2.51. The van der Waals surface area contributed by atoms with Crippen molar-refractivity contribution in [2.24, 2.45) is 11.7 Å². The fourth-order valence-corrected chi connectivity index (χ4v) is 4.46. The Labute approximate surface area is 158 Å². The molecule has 1 saturated carbocycles. The van der Waals surface area contributed by atoms with Gasteiger partial charge in [0, 0.05) is 17.4 Å². The van der Waals surface area contributed by atoms with Crippen LogP contribution >= 0.6 is 18.9 Å². The molecule has 1 aromatic carbocycles. The van der Waals surface area contributed by atoms with Gasteiger partial charge in [-0.2, -0.15) is 14.0 Å². The molecular formula is C15H11F4N2O5PS. The third-order valence-electron chi connectivity index (χ3n) is 4.19. The number of nitrogens with zero attached hydrogens (tertiary/aromatic N) is 1. The number of primary amides is 1. The highest BCUT2D eigenvalue weighted by Gasteiger charge is 2.57. The van der Waals surface area contributed by atoms with Crippen LogP contribution < -0.4 is 10.5 Å². The van der Waals surface area contributed by atoms with Crippen LogP contribution in [-0.2, 0) is 10.2 Å². The van der Waals surface area contributed by atoms with Crippen LogP contribution in [0.15, 0.2) is 12.1 Å². The molecule has 13 heteroatoms. The molecule has 3 rings (SSSR count). The maximum Gasteiger partial charge on any atom is 0.400 e. The van der Waals surface area contributed by atoms with Gasteiger partial charge in [-0.1, -0.05) is 0 Å². The molecule has 4 N–H and O–H groups in total. The van der Waals surface area contributed by atoms with E-state index in [-0.39, 0.29) is 32.7 Å². The lowest BCUT2D eigenvalue weighted by Crippen LogP contribution is -2.13. The van der Waals surface area contributed by atoms with Crippen LogP contribution in [-0.4, -0.2) is 28.2 Å². The van der Waals surface area contributed by atoms with Gasteiger partial charge in [0.25, 0.3) is 5.92 Å². The Balaban J connectivity index is 2.18. The lowest BCUT2D eigenvalue weighted by atomic mass is 10.1. The first-order valence-corrected chi connectivity index (χ1v) is 9.97. The number of fused-ring (bicyclic) bond motifs is 1. The van der Waals surface area contributed by atoms with Crippen molar-refractivity contribution >= 4 is 34.9 Å². The fraction of sp³-hybridized carbons (Fsp3) is 0.333. The summed E-state index contributed by atoms with van der Waals surface area (Å²) in [6.45, 7) is -0.478. The maximum atomic E-state index is 14.2. The van der Waals surface area contributed by atoms with Crippen LogP contribution in [0.25, 0.3) is 10.1 Å². The number of carbonyl (C=O) groups is 1. The Morgan fingerprint density at radius 1 is 1.46 bits per heavy atom. The molecule has 0 spiro atoms. The number of nitriles is 1. The van der Waals surface area contributed by atoms with E-state index in [0.29, 0.717) is 0 Å². The number of hydrogen-bond donors (Lipinski definition) is 3. The number of alkyl halides is 4. The number of amides is 1. The van der Waals surface area contributed by atoms with Crippen molar-refractivity contribution in [2.75, 3.05) is 6.61 Å². The molecule has 28 heavy (non-hydrogen) atoms. The quantitative estimate of drug-likeness (QED) is 0.469. The van der Waals surface area contributed by atoms with Crippen molar-refractivity contribution in [2.45, 2.75) is 18.0 Å². The van der Waals surface area contributed by atoms with Crippen LogP contribution in [0, 0.1) is 17.2 Å². The number of nitrogens with two attached hydrogens (primary N) is 1. The van der Waals surface area contributed by atoms with Gasteiger partial charge in [-0.25, -0.2) is 8.78 Å². The van der Waals surface area contributed by atoms with Crippen molar-refractivity contribution in [1.82, 2.24) is 0 Å². The van der Waals surface area contributed by atoms with Gasteiger partial charge in [-0.15, -0.1) is 11.3 Å². The van der Waals surface area contributed by atoms with Crippen LogP contribution in [0.5, 0.6) is 5.75 Å². The van der Waals surface area contributed by atoms with Gasteiger partial charge >= 0.3 is 13.3 Å². The minimum absolute atomic E-state index is 0.145. The summed E-state index contributed by atoms with van der Waals surface area (Å²) in [5, 5.41) is 9.02. The maximum absolute atomic E-state index is 14.2. The van der Waals surface area contributed by atoms with Gasteiger partial charge in [-0.05, 0) is 12.1 Å². The summed E-state index contributed by atoms with van der Waals surface area (Å²) in [6.07, 6.45) is -0.416. The smallest absolute Gasteiger partial charge is 0.400 e. The first-order chi connectivity index (χ1) is 12.8. The second-order valence-corrected chi connectivity index (χ2v) is 8.86. The minimum Gasteiger partial charge on any atom is -0.492 e. The first-order valence-electron chi connectivity index (χ1n) is 7.54. The zero-order chi connectivity index (χ0) is 21.1. The molecular weight excluding hydrogens is 427 g/mol. The zero-order valence-corrected chi connectivity index (χ0v) is 15.4. The Morgan fingerprint density at radius 2 is 2.07 bits per heavy atom. The van der Waals surface area contributed by atoms with E-state index < -0.39 is 54.5 Å². The molecule has 0 radical (unpaired) electrons. The summed E-state index contributed by atoms with van der Waals surface area (Å²) in [7, 11) is -5.98. The predicted octanol–water partition coefficient (Wildman–Crippen LogP) is 3.13. The van der Waals surface area contributed by atoms with Gasteiger partial charge in [0.05, 0.1) is 22.8 Å². The molecule has 2 aromatic rings. The Bertz CT molecular complexity index is 1070. The lowest BCUT2D eigenvalue weighted by molar-refractivity contribution is 0.0599. The molecule has 150 valence electrons. The molecule has 0 bridgehead atoms. The third kappa shape index (κ3) is 3.35. The molecule has 1 aromatic heterocycles. The van der Waals surface area contributed by atoms with Gasteiger partial charge in [0.1, 0.15) is 16.7 Å². The van der Waals surface area contributed by atoms with Gasteiger partial charge in [0.15, 0.2) is 0 Å². The topological polar surface area (TPSA) is 134 Å². The van der Waals surface area contributed by atoms with E-state index in [1.54, 1.807) is 0 Å². The van der Waals surface area contributed by atoms with E-state index >= 15 is 0 Å². The van der Waals surface area contributed by atoms with Crippen molar-refractivity contribution in [3.8, 4) is 11.8 Å². The molecule has 1 fully saturated rings. The lowest BCUT2D eigenvalue weighted by Gasteiger charge is -2.16. The predicted molar refractivity (Wildman–Crippen MR) is 89.5 cm³/mol. The van der Waals surface area contributed by atoms with E-state index in [4.69, 9.17) is 20.3 Å². The summed E-state index contributed by atoms with van der Waals surface area (Å²) in [5.41, 5.74) is -0.510. The molecule has 0 aliphatic heterocycles. The Kier molecular flexibility index (Phi) is 4.71. The highest BCUT2D eigenvalue weighted by atomic mass is 32.1. The molecule has 1 atom stereocenters. The van der Waals surface area contributed by atoms with Crippen LogP contribution in [0.3, 0.4) is 0 Å². The summed E-state index contributed by atoms with van der Waals surface area (Å²) >= 11 is 0.172. The number of ether oxygens (including phenoxy) is 1. The highest BCUT2D eigenvalue weighted by Crippen LogP contribution is 2.62. The van der Waals surface area contributed by atoms with Crippen molar-refractivity contribution in [3.05, 3.63) is 28.1 Å². The van der Waals surface area contributed by atoms with Crippen LogP contribution in [0.1, 0.15) is 27.2 Å². The van der Waals surface area contributed by atoms with E-state index in [1.165, 1.54) is 6.07 Å². The molecule has 1 amide bonds. The van der Waals surface area contributed by atoms with Gasteiger partial charge in [0.2, 0.25) is 5.91 Å². The number of thiophene rings is 1. The third-order valence-corrected chi connectivity index (χ3v) is 6.58. The molecule has 1 heterocycles. The number of rotatable bonds is 6. The summed E-state index contributed by atoms with van der Waals surface area (Å²) in [5.74, 6) is -5.26. The number of benzene rings is 1. The number of hydrogen-bond acceptors (Lipinski definition) is 5. The largest absolute Gasteiger partial charge is 0.492 e. The van der Waals surface area contributed by atoms with Gasteiger partial charge in [-0.3, -0.25) is 9.36 Å². The average molecular weight is 438 g/mol. The van der Waals surface area contributed by atoms with E-state index in [0.717, 1.165) is 12.1 Å². The van der Waals surface area contributed by atoms with Crippen molar-refractivity contribution in [1.29, 1.82) is 5.26 Å². The van der Waals surface area contributed by atoms with Crippen molar-refractivity contribution < 1.29 is 41.4 Å². The average Bonchev–Trinajstić information content (AvgIpc) is 3.01. The number of halogens is 4. The SMILES string of the molecule is N#Cc1c(C(F)(F)P(=O)(O)O)sc2c(OCC3CC3(F)F)cc(C(N)=O)cc12. The van der Waals surface area contributed by atoms with Crippen molar-refractivity contribution in [3.63, 3.8) is 0 Å². The van der Waals surface area contributed by atoms with E-state index in [1.807, 2.05) is 0 Å². The summed E-state index contributed by atoms with van der Waals surface area (Å²) in [6, 6.07) is 3.49. The molecule has 1 unspecified atom stereocenters. The van der Waals surface area contributed by atoms with E-state index in [2.05, 4.69) is 0 Å². The Hall–Kier alpha value is -2.19. The highest BCUT2D eigenvalue weighted by molar-refractivity contribution is 7.53. The standard InChI is InChI=1S/C15H11F4N2O5PS/c16-14(17)3-7(14)5-26-10-2-6(13(21)22)1-8-9(4-20)12(28-11(8)10)15(18,19)27(23,24)25/h1-2,7H,3,5H2,(H2,21,22)(H2,23,24,25). The first kappa shape index (κ1) is 20.5. The normalized spacial score (nSPS) is 18.7. The second-order valence-electron chi connectivity index (χ2n) is 6.19. The number of carbonyl (C=O) groups excluding carboxylic acids is 1. The summed E-state index contributed by atoms with van der Waals surface area (Å²) < 4.78 is 70.9. The molecule has 7 nitrogen and oxygen atoms in total. The van der Waals surface area contributed by atoms with Crippen LogP contribution in [0.4, 0.5) is 17.6 Å². The molecule has 0 saturated heterocycles. The molecule has 1 aliphatic carbocycles. The zero-order valence-electron chi connectivity index (χ0n) is 13.7. The van der Waals surface area contributed by atoms with Gasteiger partial charge < -0.3 is 20.3 Å². The molecule has 1 aliphatic rings. The van der Waals surface area contributed by atoms with E-state index in [9.17, 15) is 32.2 Å². The monoisotopic (exact) mass is 438 g/mol. The Morgan fingerprint density at radius 3 is 2.54 bits per heavy atom. The minimum atomic E-state index is -5.98. The summed E-state index contributed by atoms with van der Waals surface area (Å²) in [4.78, 5) is 28.2. The second kappa shape index (κ2) is 6.42.